The van der Waals surface area contributed by atoms with Crippen LogP contribution in [0.2, 0.25) is 0 Å². The summed E-state index contributed by atoms with van der Waals surface area (Å²) in [6, 6.07) is 12.1. The number of hydrogen-bond donors (Lipinski definition) is 0. The monoisotopic (exact) mass is 487 g/mol. The number of rotatable bonds is 6. The minimum Gasteiger partial charge on any atom is -0.485 e. The molecule has 3 rings (SSSR count). The average molecular weight is 488 g/mol. The second kappa shape index (κ2) is 10.1. The summed E-state index contributed by atoms with van der Waals surface area (Å²) in [6.07, 6.45) is 6.12. The second-order valence-electron chi connectivity index (χ2n) is 6.33. The summed E-state index contributed by atoms with van der Waals surface area (Å²) >= 11 is 3.33. The molecular formula is C23H19BrFNO5. The SMILES string of the molecule is COC(=O)C1=C(C(=O)OC)N(c2cc(F)c(OCc3ccccc3)c(Br)c2)C=CC=C1. The molecule has 8 heteroatoms. The number of methoxy groups -OCH3 is 2. The number of halogens is 2. The van der Waals surface area contributed by atoms with Crippen LogP contribution in [0.25, 0.3) is 0 Å². The maximum atomic E-state index is 15.0. The van der Waals surface area contributed by atoms with E-state index >= 15 is 0 Å². The first-order valence-corrected chi connectivity index (χ1v) is 9.96. The molecule has 160 valence electrons. The van der Waals surface area contributed by atoms with Crippen LogP contribution in [0.1, 0.15) is 5.56 Å². The Balaban J connectivity index is 2.00. The van der Waals surface area contributed by atoms with Gasteiger partial charge in [-0.3, -0.25) is 0 Å². The molecule has 0 saturated heterocycles. The number of allylic oxidation sites excluding steroid dienone is 2. The number of nitrogens with zero attached hydrogens (tertiary/aromatic N) is 1. The van der Waals surface area contributed by atoms with Gasteiger partial charge >= 0.3 is 11.9 Å². The normalized spacial score (nSPS) is 13.1. The topological polar surface area (TPSA) is 65.1 Å². The van der Waals surface area contributed by atoms with Crippen molar-refractivity contribution in [3.05, 3.63) is 94.0 Å². The second-order valence-corrected chi connectivity index (χ2v) is 7.18. The molecule has 0 saturated carbocycles. The lowest BCUT2D eigenvalue weighted by Gasteiger charge is -2.24. The van der Waals surface area contributed by atoms with Gasteiger partial charge in [-0.25, -0.2) is 14.0 Å². The van der Waals surface area contributed by atoms with Crippen LogP contribution in [0.5, 0.6) is 5.75 Å². The van der Waals surface area contributed by atoms with Crippen LogP contribution >= 0.6 is 15.9 Å². The van der Waals surface area contributed by atoms with Crippen LogP contribution in [0, 0.1) is 5.82 Å². The first-order chi connectivity index (χ1) is 15.0. The Bertz CT molecular complexity index is 1060. The summed E-state index contributed by atoms with van der Waals surface area (Å²) in [7, 11) is 2.40. The van der Waals surface area contributed by atoms with Gasteiger partial charge in [0, 0.05) is 12.3 Å². The summed E-state index contributed by atoms with van der Waals surface area (Å²) in [5.74, 6) is -2.12. The number of carbonyl (C=O) groups excluding carboxylic acids is 2. The number of ether oxygens (including phenoxy) is 3. The number of esters is 2. The molecule has 0 spiro atoms. The van der Waals surface area contributed by atoms with Gasteiger partial charge in [0.1, 0.15) is 12.3 Å². The van der Waals surface area contributed by atoms with Crippen LogP contribution in [0.4, 0.5) is 10.1 Å². The predicted molar refractivity (Wildman–Crippen MR) is 117 cm³/mol. The van der Waals surface area contributed by atoms with Gasteiger partial charge < -0.3 is 19.1 Å². The van der Waals surface area contributed by atoms with Gasteiger partial charge in [-0.2, -0.15) is 0 Å². The van der Waals surface area contributed by atoms with E-state index in [4.69, 9.17) is 14.2 Å². The molecule has 0 radical (unpaired) electrons. The van der Waals surface area contributed by atoms with E-state index in [1.165, 1.54) is 37.5 Å². The molecule has 0 amide bonds. The molecule has 0 aromatic heterocycles. The quantitative estimate of drug-likeness (QED) is 0.552. The Morgan fingerprint density at radius 2 is 1.74 bits per heavy atom. The highest BCUT2D eigenvalue weighted by molar-refractivity contribution is 9.10. The van der Waals surface area contributed by atoms with Crippen molar-refractivity contribution < 1.29 is 28.2 Å². The zero-order chi connectivity index (χ0) is 22.4. The number of hydrogen-bond acceptors (Lipinski definition) is 6. The van der Waals surface area contributed by atoms with Crippen molar-refractivity contribution in [3.63, 3.8) is 0 Å². The maximum absolute atomic E-state index is 15.0. The molecule has 0 aliphatic carbocycles. The maximum Gasteiger partial charge on any atom is 0.355 e. The minimum atomic E-state index is -0.780. The van der Waals surface area contributed by atoms with Gasteiger partial charge in [0.15, 0.2) is 11.6 Å². The Kier molecular flexibility index (Phi) is 7.25. The van der Waals surface area contributed by atoms with Gasteiger partial charge in [-0.05, 0) is 39.7 Å². The van der Waals surface area contributed by atoms with Gasteiger partial charge in [-0.1, -0.05) is 36.4 Å². The number of anilines is 1. The fraction of sp³-hybridized carbons (Fsp3) is 0.130. The van der Waals surface area contributed by atoms with E-state index in [1.807, 2.05) is 30.3 Å². The van der Waals surface area contributed by atoms with Crippen molar-refractivity contribution >= 4 is 33.6 Å². The standard InChI is InChI=1S/C23H19BrFNO5/c1-29-22(27)17-10-6-7-11-26(20(17)23(28)30-2)16-12-18(24)21(19(25)13-16)31-14-15-8-4-3-5-9-15/h3-13H,14H2,1-2H3. The smallest absolute Gasteiger partial charge is 0.355 e. The van der Waals surface area contributed by atoms with Gasteiger partial charge in [0.05, 0.1) is 30.0 Å². The van der Waals surface area contributed by atoms with Crippen molar-refractivity contribution in [3.8, 4) is 5.75 Å². The third-order valence-corrected chi connectivity index (χ3v) is 4.97. The third-order valence-electron chi connectivity index (χ3n) is 4.38. The van der Waals surface area contributed by atoms with Crippen molar-refractivity contribution in [1.29, 1.82) is 0 Å². The molecule has 1 heterocycles. The molecule has 0 unspecified atom stereocenters. The highest BCUT2D eigenvalue weighted by Crippen LogP contribution is 2.36. The van der Waals surface area contributed by atoms with E-state index in [9.17, 15) is 14.0 Å². The molecule has 0 N–H and O–H groups in total. The number of carbonyl (C=O) groups is 2. The molecule has 6 nitrogen and oxygen atoms in total. The van der Waals surface area contributed by atoms with Crippen molar-refractivity contribution in [2.75, 3.05) is 19.1 Å². The molecule has 2 aromatic carbocycles. The number of benzene rings is 2. The van der Waals surface area contributed by atoms with Crippen molar-refractivity contribution in [2.45, 2.75) is 6.61 Å². The Morgan fingerprint density at radius 3 is 2.39 bits per heavy atom. The molecule has 0 fully saturated rings. The van der Waals surface area contributed by atoms with Crippen molar-refractivity contribution in [2.24, 2.45) is 0 Å². The Morgan fingerprint density at radius 1 is 1.03 bits per heavy atom. The molecule has 31 heavy (non-hydrogen) atoms. The van der Waals surface area contributed by atoms with E-state index in [0.29, 0.717) is 4.47 Å². The van der Waals surface area contributed by atoms with Crippen LogP contribution in [0.15, 0.2) is 82.6 Å². The third kappa shape index (κ3) is 5.03. The lowest BCUT2D eigenvalue weighted by molar-refractivity contribution is -0.139. The summed E-state index contributed by atoms with van der Waals surface area (Å²) in [6.45, 7) is 0.184. The molecule has 1 aliphatic rings. The van der Waals surface area contributed by atoms with Crippen LogP contribution in [0.3, 0.4) is 0 Å². The van der Waals surface area contributed by atoms with Crippen molar-refractivity contribution in [1.82, 2.24) is 0 Å². The Labute approximate surface area is 187 Å². The van der Waals surface area contributed by atoms with Gasteiger partial charge in [-0.15, -0.1) is 0 Å². The predicted octanol–water partition coefficient (Wildman–Crippen LogP) is 4.66. The molecule has 0 atom stereocenters. The molecule has 0 bridgehead atoms. The van der Waals surface area contributed by atoms with Gasteiger partial charge in [0.2, 0.25) is 0 Å². The Hall–Kier alpha value is -3.39. The van der Waals surface area contributed by atoms with Crippen LogP contribution in [-0.4, -0.2) is 26.2 Å². The minimum absolute atomic E-state index is 0.0275. The summed E-state index contributed by atoms with van der Waals surface area (Å²) in [4.78, 5) is 26.1. The van der Waals surface area contributed by atoms with Crippen LogP contribution < -0.4 is 9.64 Å². The average Bonchev–Trinajstić information content (AvgIpc) is 3.01. The zero-order valence-corrected chi connectivity index (χ0v) is 18.4. The summed E-state index contributed by atoms with van der Waals surface area (Å²) in [5.41, 5.74) is 1.03. The van der Waals surface area contributed by atoms with Gasteiger partial charge in [0.25, 0.3) is 0 Å². The first kappa shape index (κ1) is 22.3. The summed E-state index contributed by atoms with van der Waals surface area (Å²) < 4.78 is 30.6. The van der Waals surface area contributed by atoms with E-state index in [2.05, 4.69) is 15.9 Å². The molecule has 2 aromatic rings. The fourth-order valence-corrected chi connectivity index (χ4v) is 3.46. The van der Waals surface area contributed by atoms with E-state index < -0.39 is 17.8 Å². The first-order valence-electron chi connectivity index (χ1n) is 9.17. The van der Waals surface area contributed by atoms with E-state index in [1.54, 1.807) is 18.2 Å². The fourth-order valence-electron chi connectivity index (χ4n) is 2.92. The van der Waals surface area contributed by atoms with E-state index in [-0.39, 0.29) is 29.3 Å². The zero-order valence-electron chi connectivity index (χ0n) is 16.8. The molecule has 1 aliphatic heterocycles. The van der Waals surface area contributed by atoms with E-state index in [0.717, 1.165) is 5.56 Å². The molecular weight excluding hydrogens is 469 g/mol. The largest absolute Gasteiger partial charge is 0.485 e. The lowest BCUT2D eigenvalue weighted by atomic mass is 10.1. The summed E-state index contributed by atoms with van der Waals surface area (Å²) in [5, 5.41) is 0. The highest BCUT2D eigenvalue weighted by atomic mass is 79.9. The van der Waals surface area contributed by atoms with Crippen LogP contribution in [-0.2, 0) is 25.7 Å². The highest BCUT2D eigenvalue weighted by Gasteiger charge is 2.28. The lowest BCUT2D eigenvalue weighted by Crippen LogP contribution is -2.27.